The molecule has 0 unspecified atom stereocenters. The van der Waals surface area contributed by atoms with Crippen molar-refractivity contribution in [2.75, 3.05) is 50.7 Å². The van der Waals surface area contributed by atoms with Crippen molar-refractivity contribution in [1.29, 1.82) is 0 Å². The molecule has 44 heavy (non-hydrogen) atoms. The zero-order chi connectivity index (χ0) is 30.4. The molecule has 11 heteroatoms. The maximum Gasteiger partial charge on any atom is 0.264 e. The maximum absolute atomic E-state index is 14.5. The van der Waals surface area contributed by atoms with Gasteiger partial charge in [0.25, 0.3) is 6.43 Å². The molecule has 0 radical (unpaired) electrons. The molecule has 1 N–H and O–H groups in total. The summed E-state index contributed by atoms with van der Waals surface area (Å²) in [6.07, 6.45) is 7.94. The number of carbonyl (C=O) groups is 1. The van der Waals surface area contributed by atoms with Gasteiger partial charge in [-0.1, -0.05) is 0 Å². The van der Waals surface area contributed by atoms with Gasteiger partial charge in [-0.2, -0.15) is 10.2 Å². The Morgan fingerprint density at radius 3 is 2.57 bits per heavy atom. The Morgan fingerprint density at radius 2 is 1.86 bits per heavy atom. The van der Waals surface area contributed by atoms with Crippen LogP contribution in [-0.4, -0.2) is 81.1 Å². The van der Waals surface area contributed by atoms with Crippen molar-refractivity contribution in [3.05, 3.63) is 46.9 Å². The standard InChI is InChI=1S/C33H44F2N8O/c1-22(44)41-15-9-30-29(21-41)33(38-43(30)26-7-13-40(14-8-26)19-23-5-10-36-11-6-23)42-12-3-4-24-16-27(25-18-37-39(2)20-25)28(32(34)35)17-31(24)42/h16-18,20,23,26,32,36H,3-15,19,21H2,1-2H3. The number of amides is 1. The number of aromatic nitrogens is 4. The van der Waals surface area contributed by atoms with Gasteiger partial charge in [0, 0.05) is 87.4 Å². The summed E-state index contributed by atoms with van der Waals surface area (Å²) in [5, 5.41) is 13.0. The summed E-state index contributed by atoms with van der Waals surface area (Å²) in [6.45, 7) is 9.10. The summed E-state index contributed by atoms with van der Waals surface area (Å²) in [5.41, 5.74) is 5.40. The van der Waals surface area contributed by atoms with Crippen molar-refractivity contribution < 1.29 is 13.6 Å². The molecule has 6 heterocycles. The molecule has 0 bridgehead atoms. The van der Waals surface area contributed by atoms with Crippen LogP contribution in [0.1, 0.15) is 73.9 Å². The van der Waals surface area contributed by atoms with E-state index in [1.807, 2.05) is 11.0 Å². The Kier molecular flexibility index (Phi) is 8.17. The molecular formula is C33H44F2N8O. The molecule has 0 saturated carbocycles. The fourth-order valence-electron chi connectivity index (χ4n) is 7.85. The van der Waals surface area contributed by atoms with Crippen LogP contribution in [0.15, 0.2) is 24.5 Å². The van der Waals surface area contributed by atoms with E-state index in [4.69, 9.17) is 5.10 Å². The highest BCUT2D eigenvalue weighted by atomic mass is 19.3. The van der Waals surface area contributed by atoms with Crippen LogP contribution in [0.5, 0.6) is 0 Å². The summed E-state index contributed by atoms with van der Waals surface area (Å²) >= 11 is 0. The first kappa shape index (κ1) is 29.4. The van der Waals surface area contributed by atoms with Crippen molar-refractivity contribution in [2.45, 2.75) is 70.9 Å². The second-order valence-electron chi connectivity index (χ2n) is 13.1. The molecule has 4 aliphatic heterocycles. The Hall–Kier alpha value is -3.31. The number of anilines is 2. The highest BCUT2D eigenvalue weighted by Crippen LogP contribution is 2.43. The molecule has 2 saturated heterocycles. The minimum Gasteiger partial charge on any atom is -0.338 e. The normalized spacial score (nSPS) is 20.3. The van der Waals surface area contributed by atoms with Crippen LogP contribution in [0.3, 0.4) is 0 Å². The van der Waals surface area contributed by atoms with Gasteiger partial charge in [0.05, 0.1) is 18.8 Å². The average Bonchev–Trinajstić information content (AvgIpc) is 3.64. The van der Waals surface area contributed by atoms with Gasteiger partial charge >= 0.3 is 0 Å². The third kappa shape index (κ3) is 5.64. The van der Waals surface area contributed by atoms with Crippen molar-refractivity contribution in [1.82, 2.24) is 34.7 Å². The van der Waals surface area contributed by atoms with E-state index in [1.165, 1.54) is 25.1 Å². The number of nitrogens with zero attached hydrogens (tertiary/aromatic N) is 7. The van der Waals surface area contributed by atoms with Gasteiger partial charge in [-0.15, -0.1) is 0 Å². The number of halogens is 2. The number of nitrogens with one attached hydrogen (secondary N) is 1. The number of hydrogen-bond acceptors (Lipinski definition) is 6. The van der Waals surface area contributed by atoms with Crippen molar-refractivity contribution >= 4 is 17.4 Å². The molecule has 0 spiro atoms. The van der Waals surface area contributed by atoms with E-state index in [1.54, 1.807) is 37.1 Å². The molecule has 1 aromatic carbocycles. The second-order valence-corrected chi connectivity index (χ2v) is 13.1. The van der Waals surface area contributed by atoms with Crippen molar-refractivity contribution in [2.24, 2.45) is 13.0 Å². The lowest BCUT2D eigenvalue weighted by atomic mass is 9.92. The minimum atomic E-state index is -2.62. The molecule has 1 amide bonds. The highest BCUT2D eigenvalue weighted by molar-refractivity contribution is 5.78. The van der Waals surface area contributed by atoms with Gasteiger partial charge < -0.3 is 20.0 Å². The molecule has 0 atom stereocenters. The van der Waals surface area contributed by atoms with E-state index in [2.05, 4.69) is 24.9 Å². The molecule has 236 valence electrons. The van der Waals surface area contributed by atoms with Gasteiger partial charge in [-0.05, 0) is 80.8 Å². The van der Waals surface area contributed by atoms with Crippen LogP contribution in [0.4, 0.5) is 20.3 Å². The Balaban J connectivity index is 1.21. The van der Waals surface area contributed by atoms with Gasteiger partial charge in [-0.25, -0.2) is 8.78 Å². The van der Waals surface area contributed by atoms with E-state index in [-0.39, 0.29) is 11.5 Å². The lowest BCUT2D eigenvalue weighted by Gasteiger charge is -2.36. The Morgan fingerprint density at radius 1 is 1.07 bits per heavy atom. The minimum absolute atomic E-state index is 0.0171. The Bertz CT molecular complexity index is 1500. The Labute approximate surface area is 258 Å². The molecular weight excluding hydrogens is 562 g/mol. The number of likely N-dealkylation sites (tertiary alicyclic amines) is 1. The number of aryl methyl sites for hydroxylation is 2. The number of carbonyl (C=O) groups excluding carboxylic acids is 1. The van der Waals surface area contributed by atoms with E-state index in [0.29, 0.717) is 36.8 Å². The lowest BCUT2D eigenvalue weighted by Crippen LogP contribution is -2.41. The third-order valence-electron chi connectivity index (χ3n) is 10.3. The molecule has 3 aromatic rings. The second kappa shape index (κ2) is 12.2. The summed E-state index contributed by atoms with van der Waals surface area (Å²) in [4.78, 5) is 19.2. The molecule has 2 fully saturated rings. The van der Waals surface area contributed by atoms with Gasteiger partial charge in [0.1, 0.15) is 0 Å². The van der Waals surface area contributed by atoms with Crippen LogP contribution >= 0.6 is 0 Å². The van der Waals surface area contributed by atoms with E-state index < -0.39 is 6.43 Å². The smallest absolute Gasteiger partial charge is 0.264 e. The van der Waals surface area contributed by atoms with Crippen LogP contribution in [0.25, 0.3) is 11.1 Å². The predicted molar refractivity (Wildman–Crippen MR) is 166 cm³/mol. The fourth-order valence-corrected chi connectivity index (χ4v) is 7.85. The molecule has 0 aliphatic carbocycles. The molecule has 2 aromatic heterocycles. The maximum atomic E-state index is 14.5. The predicted octanol–water partition coefficient (Wildman–Crippen LogP) is 4.85. The number of fused-ring (bicyclic) bond motifs is 2. The first-order valence-electron chi connectivity index (χ1n) is 16.4. The van der Waals surface area contributed by atoms with Crippen LogP contribution in [-0.2, 0) is 31.2 Å². The van der Waals surface area contributed by atoms with Crippen LogP contribution in [0.2, 0.25) is 0 Å². The highest BCUT2D eigenvalue weighted by Gasteiger charge is 2.35. The average molecular weight is 607 g/mol. The topological polar surface area (TPSA) is 74.5 Å². The lowest BCUT2D eigenvalue weighted by molar-refractivity contribution is -0.129. The van der Waals surface area contributed by atoms with E-state index >= 15 is 0 Å². The number of benzene rings is 1. The number of hydrogen-bond donors (Lipinski definition) is 1. The monoisotopic (exact) mass is 606 g/mol. The molecule has 7 rings (SSSR count). The summed E-state index contributed by atoms with van der Waals surface area (Å²) in [7, 11) is 1.80. The van der Waals surface area contributed by atoms with Gasteiger partial charge in [0.2, 0.25) is 5.91 Å². The zero-order valence-corrected chi connectivity index (χ0v) is 25.9. The quantitative estimate of drug-likeness (QED) is 0.433. The molecule has 4 aliphatic rings. The van der Waals surface area contributed by atoms with Crippen molar-refractivity contribution in [3.8, 4) is 11.1 Å². The SMILES string of the molecule is CC(=O)N1CCc2c(c(N3CCCc4cc(-c5cnn(C)c5)c(C(F)F)cc43)nn2C2CCN(CC3CCNCC3)CC2)C1. The van der Waals surface area contributed by atoms with Crippen LogP contribution in [0, 0.1) is 5.92 Å². The summed E-state index contributed by atoms with van der Waals surface area (Å²) in [5.74, 6) is 1.67. The number of alkyl halides is 2. The molecule has 9 nitrogen and oxygen atoms in total. The van der Waals surface area contributed by atoms with Gasteiger partial charge in [-0.3, -0.25) is 14.2 Å². The number of rotatable bonds is 6. The largest absolute Gasteiger partial charge is 0.338 e. The zero-order valence-electron chi connectivity index (χ0n) is 25.9. The van der Waals surface area contributed by atoms with Crippen LogP contribution < -0.4 is 10.2 Å². The summed E-state index contributed by atoms with van der Waals surface area (Å²) in [6, 6.07) is 3.92. The first-order valence-corrected chi connectivity index (χ1v) is 16.4. The third-order valence-corrected chi connectivity index (χ3v) is 10.3. The van der Waals surface area contributed by atoms with Crippen molar-refractivity contribution in [3.63, 3.8) is 0 Å². The van der Waals surface area contributed by atoms with E-state index in [0.717, 1.165) is 86.8 Å². The van der Waals surface area contributed by atoms with E-state index in [9.17, 15) is 13.6 Å². The summed E-state index contributed by atoms with van der Waals surface area (Å²) < 4.78 is 33.0. The van der Waals surface area contributed by atoms with Gasteiger partial charge in [0.15, 0.2) is 5.82 Å². The fraction of sp³-hybridized carbons (Fsp3) is 0.606. The number of piperidine rings is 2. The first-order chi connectivity index (χ1) is 21.4.